The molecule has 1 fully saturated rings. The van der Waals surface area contributed by atoms with Crippen molar-refractivity contribution in [1.82, 2.24) is 9.78 Å². The van der Waals surface area contributed by atoms with E-state index in [0.717, 1.165) is 24.1 Å². The van der Waals surface area contributed by atoms with E-state index >= 15 is 0 Å². The van der Waals surface area contributed by atoms with Crippen LogP contribution >= 0.6 is 15.9 Å². The highest BCUT2D eigenvalue weighted by Gasteiger charge is 2.28. The Hall–Kier alpha value is -0.510. The number of anilines is 1. The Bertz CT molecular complexity index is 399. The standard InChI is InChI=1S/C13H22BrN3/c1-10-11(9-14)12(16(4)15-10)17-7-5-13(2,3)6-8-17/h5-9H2,1-4H3. The van der Waals surface area contributed by atoms with E-state index in [1.165, 1.54) is 24.2 Å². The van der Waals surface area contributed by atoms with E-state index in [0.29, 0.717) is 5.41 Å². The maximum absolute atomic E-state index is 4.54. The Kier molecular flexibility index (Phi) is 3.53. The van der Waals surface area contributed by atoms with Crippen LogP contribution in [0.1, 0.15) is 37.9 Å². The topological polar surface area (TPSA) is 21.1 Å². The summed E-state index contributed by atoms with van der Waals surface area (Å²) in [5.74, 6) is 1.30. The van der Waals surface area contributed by atoms with Gasteiger partial charge in [0.15, 0.2) is 0 Å². The molecule has 0 N–H and O–H groups in total. The zero-order valence-corrected chi connectivity index (χ0v) is 12.8. The van der Waals surface area contributed by atoms with Crippen LogP contribution in [0.3, 0.4) is 0 Å². The highest BCUT2D eigenvalue weighted by atomic mass is 79.9. The van der Waals surface area contributed by atoms with Gasteiger partial charge in [0.1, 0.15) is 5.82 Å². The van der Waals surface area contributed by atoms with Gasteiger partial charge in [0.05, 0.1) is 5.69 Å². The van der Waals surface area contributed by atoms with Crippen molar-refractivity contribution in [2.75, 3.05) is 18.0 Å². The van der Waals surface area contributed by atoms with Crippen LogP contribution in [-0.2, 0) is 12.4 Å². The van der Waals surface area contributed by atoms with E-state index < -0.39 is 0 Å². The molecule has 1 aliphatic heterocycles. The van der Waals surface area contributed by atoms with Gasteiger partial charge < -0.3 is 4.90 Å². The van der Waals surface area contributed by atoms with E-state index in [-0.39, 0.29) is 0 Å². The molecule has 1 aromatic heterocycles. The first-order valence-corrected chi connectivity index (χ1v) is 7.40. The fourth-order valence-electron chi connectivity index (χ4n) is 2.57. The molecule has 0 atom stereocenters. The minimum Gasteiger partial charge on any atom is -0.357 e. The summed E-state index contributed by atoms with van der Waals surface area (Å²) < 4.78 is 2.03. The zero-order valence-electron chi connectivity index (χ0n) is 11.3. The van der Waals surface area contributed by atoms with Gasteiger partial charge in [-0.05, 0) is 25.2 Å². The average molecular weight is 300 g/mol. The lowest BCUT2D eigenvalue weighted by Gasteiger charge is -2.38. The molecule has 3 nitrogen and oxygen atoms in total. The van der Waals surface area contributed by atoms with E-state index in [1.54, 1.807) is 0 Å². The van der Waals surface area contributed by atoms with Crippen LogP contribution in [0.15, 0.2) is 0 Å². The van der Waals surface area contributed by atoms with E-state index in [1.807, 2.05) is 11.7 Å². The maximum atomic E-state index is 4.54. The molecule has 0 unspecified atom stereocenters. The third kappa shape index (κ3) is 2.51. The smallest absolute Gasteiger partial charge is 0.130 e. The summed E-state index contributed by atoms with van der Waals surface area (Å²) in [5.41, 5.74) is 2.98. The Morgan fingerprint density at radius 3 is 2.41 bits per heavy atom. The highest BCUT2D eigenvalue weighted by Crippen LogP contribution is 2.34. The van der Waals surface area contributed by atoms with E-state index in [9.17, 15) is 0 Å². The van der Waals surface area contributed by atoms with E-state index in [4.69, 9.17) is 0 Å². The quantitative estimate of drug-likeness (QED) is 0.782. The SMILES string of the molecule is Cc1nn(C)c(N2CCC(C)(C)CC2)c1CBr. The van der Waals surface area contributed by atoms with Gasteiger partial charge in [-0.1, -0.05) is 29.8 Å². The maximum Gasteiger partial charge on any atom is 0.130 e. The first kappa shape index (κ1) is 12.9. The van der Waals surface area contributed by atoms with Gasteiger partial charge in [0.2, 0.25) is 0 Å². The number of aromatic nitrogens is 2. The number of piperidine rings is 1. The Morgan fingerprint density at radius 1 is 1.29 bits per heavy atom. The summed E-state index contributed by atoms with van der Waals surface area (Å²) in [5, 5.41) is 5.43. The summed E-state index contributed by atoms with van der Waals surface area (Å²) in [6, 6.07) is 0. The third-order valence-corrected chi connectivity index (χ3v) is 4.42. The fourth-order valence-corrected chi connectivity index (χ4v) is 3.22. The molecule has 1 aliphatic rings. The molecule has 0 amide bonds. The zero-order chi connectivity index (χ0) is 12.6. The Balaban J connectivity index is 2.24. The predicted octanol–water partition coefficient (Wildman–Crippen LogP) is 3.25. The number of hydrogen-bond donors (Lipinski definition) is 0. The molecule has 0 bridgehead atoms. The van der Waals surface area contributed by atoms with Gasteiger partial charge in [0, 0.05) is 31.0 Å². The van der Waals surface area contributed by atoms with Crippen LogP contribution in [0.25, 0.3) is 0 Å². The molecule has 96 valence electrons. The fraction of sp³-hybridized carbons (Fsp3) is 0.769. The molecule has 1 saturated heterocycles. The van der Waals surface area contributed by atoms with Crippen LogP contribution in [0.5, 0.6) is 0 Å². The molecule has 2 rings (SSSR count). The van der Waals surface area contributed by atoms with Crippen LogP contribution in [0.2, 0.25) is 0 Å². The van der Waals surface area contributed by atoms with Crippen molar-refractivity contribution in [1.29, 1.82) is 0 Å². The number of alkyl halides is 1. The van der Waals surface area contributed by atoms with Crippen molar-refractivity contribution in [3.8, 4) is 0 Å². The molecular weight excluding hydrogens is 278 g/mol. The minimum absolute atomic E-state index is 0.499. The molecule has 2 heterocycles. The van der Waals surface area contributed by atoms with Gasteiger partial charge in [-0.3, -0.25) is 4.68 Å². The third-order valence-electron chi connectivity index (χ3n) is 3.86. The summed E-state index contributed by atoms with van der Waals surface area (Å²) >= 11 is 3.58. The van der Waals surface area contributed by atoms with E-state index in [2.05, 4.69) is 46.7 Å². The van der Waals surface area contributed by atoms with Gasteiger partial charge >= 0.3 is 0 Å². The average Bonchev–Trinajstić information content (AvgIpc) is 2.53. The lowest BCUT2D eigenvalue weighted by atomic mass is 9.82. The van der Waals surface area contributed by atoms with Gasteiger partial charge in [0.25, 0.3) is 0 Å². The second kappa shape index (κ2) is 4.63. The van der Waals surface area contributed by atoms with Gasteiger partial charge in [-0.25, -0.2) is 0 Å². The predicted molar refractivity (Wildman–Crippen MR) is 75.8 cm³/mol. The summed E-state index contributed by atoms with van der Waals surface area (Å²) in [6.07, 6.45) is 2.53. The Labute approximate surface area is 112 Å². The molecule has 17 heavy (non-hydrogen) atoms. The highest BCUT2D eigenvalue weighted by molar-refractivity contribution is 9.08. The second-order valence-corrected chi connectivity index (χ2v) is 6.36. The monoisotopic (exact) mass is 299 g/mol. The minimum atomic E-state index is 0.499. The largest absolute Gasteiger partial charge is 0.357 e. The number of nitrogens with zero attached hydrogens (tertiary/aromatic N) is 3. The number of halogens is 1. The van der Waals surface area contributed by atoms with Crippen molar-refractivity contribution in [2.45, 2.75) is 38.9 Å². The van der Waals surface area contributed by atoms with Crippen LogP contribution < -0.4 is 4.90 Å². The molecule has 4 heteroatoms. The van der Waals surface area contributed by atoms with Crippen molar-refractivity contribution in [3.05, 3.63) is 11.3 Å². The van der Waals surface area contributed by atoms with Gasteiger partial charge in [-0.2, -0.15) is 5.10 Å². The second-order valence-electron chi connectivity index (χ2n) is 5.80. The number of hydrogen-bond acceptors (Lipinski definition) is 2. The van der Waals surface area contributed by atoms with Crippen molar-refractivity contribution < 1.29 is 0 Å². The van der Waals surface area contributed by atoms with Crippen LogP contribution in [0, 0.1) is 12.3 Å². The molecule has 0 aromatic carbocycles. The summed E-state index contributed by atoms with van der Waals surface area (Å²) in [7, 11) is 2.05. The first-order chi connectivity index (χ1) is 7.94. The molecule has 0 saturated carbocycles. The summed E-state index contributed by atoms with van der Waals surface area (Å²) in [6.45, 7) is 9.11. The van der Waals surface area contributed by atoms with Crippen molar-refractivity contribution in [3.63, 3.8) is 0 Å². The number of rotatable bonds is 2. The number of aryl methyl sites for hydroxylation is 2. The van der Waals surface area contributed by atoms with Crippen molar-refractivity contribution in [2.24, 2.45) is 12.5 Å². The van der Waals surface area contributed by atoms with Crippen LogP contribution in [-0.4, -0.2) is 22.9 Å². The summed E-state index contributed by atoms with van der Waals surface area (Å²) in [4.78, 5) is 2.49. The van der Waals surface area contributed by atoms with Gasteiger partial charge in [-0.15, -0.1) is 0 Å². The molecule has 0 aliphatic carbocycles. The van der Waals surface area contributed by atoms with Crippen molar-refractivity contribution >= 4 is 21.7 Å². The Morgan fingerprint density at radius 2 is 1.88 bits per heavy atom. The normalized spacial score (nSPS) is 19.7. The lowest BCUT2D eigenvalue weighted by Crippen LogP contribution is -2.38. The molecular formula is C13H22BrN3. The first-order valence-electron chi connectivity index (χ1n) is 6.28. The lowest BCUT2D eigenvalue weighted by molar-refractivity contribution is 0.278. The molecule has 0 spiro atoms. The van der Waals surface area contributed by atoms with Crippen LogP contribution in [0.4, 0.5) is 5.82 Å². The molecule has 1 aromatic rings. The molecule has 0 radical (unpaired) electrons.